The molecule has 10 heteroatoms. The molecular weight excluding hydrogens is 414 g/mol. The fourth-order valence-electron chi connectivity index (χ4n) is 3.57. The summed E-state index contributed by atoms with van der Waals surface area (Å²) in [6.45, 7) is 4.63. The van der Waals surface area contributed by atoms with Crippen LogP contribution >= 0.6 is 11.9 Å². The number of hydrogen-bond acceptors (Lipinski definition) is 9. The second-order valence-corrected chi connectivity index (χ2v) is 8.94. The summed E-state index contributed by atoms with van der Waals surface area (Å²) in [6.07, 6.45) is 7.11. The Hall–Kier alpha value is -2.56. The lowest BCUT2D eigenvalue weighted by Gasteiger charge is -2.23. The van der Waals surface area contributed by atoms with Crippen LogP contribution in [0.4, 0.5) is 5.95 Å². The first-order valence-electron chi connectivity index (χ1n) is 10.2. The Bertz CT molecular complexity index is 993. The van der Waals surface area contributed by atoms with Crippen molar-refractivity contribution in [2.45, 2.75) is 43.6 Å². The minimum atomic E-state index is -0.265. The van der Waals surface area contributed by atoms with Gasteiger partial charge in [0.05, 0.1) is 17.4 Å². The molecule has 31 heavy (non-hydrogen) atoms. The van der Waals surface area contributed by atoms with E-state index < -0.39 is 0 Å². The molecule has 0 saturated heterocycles. The minimum Gasteiger partial charge on any atom is -0.382 e. The standard InChI is InChI=1S/C21H27N7O2S/c1-14-11-23-18(24-12-14)17(30-4)15(2)31-27-20-26-25-19(16-7-5-6-10-22-16)28(20)21(8-9-21)13-29-3/h5-7,10-12,15,17H,8-9,13H2,1-4H3,(H,26,27). The second-order valence-electron chi connectivity index (χ2n) is 7.75. The molecule has 1 fully saturated rings. The van der Waals surface area contributed by atoms with Gasteiger partial charge in [-0.25, -0.2) is 9.97 Å². The molecule has 0 spiro atoms. The lowest BCUT2D eigenvalue weighted by Crippen LogP contribution is -2.26. The number of methoxy groups -OCH3 is 2. The molecule has 3 heterocycles. The average molecular weight is 442 g/mol. The van der Waals surface area contributed by atoms with E-state index in [1.807, 2.05) is 25.1 Å². The number of anilines is 1. The topological polar surface area (TPSA) is 99.9 Å². The van der Waals surface area contributed by atoms with Gasteiger partial charge in [0, 0.05) is 32.8 Å². The van der Waals surface area contributed by atoms with Crippen LogP contribution < -0.4 is 4.72 Å². The summed E-state index contributed by atoms with van der Waals surface area (Å²) in [4.78, 5) is 13.3. The van der Waals surface area contributed by atoms with Gasteiger partial charge in [-0.2, -0.15) is 0 Å². The van der Waals surface area contributed by atoms with Crippen molar-refractivity contribution in [2.75, 3.05) is 25.5 Å². The average Bonchev–Trinajstić information content (AvgIpc) is 3.43. The van der Waals surface area contributed by atoms with Crippen LogP contribution in [-0.2, 0) is 15.0 Å². The molecule has 1 aliphatic carbocycles. The number of nitrogens with one attached hydrogen (secondary N) is 1. The van der Waals surface area contributed by atoms with Crippen LogP contribution in [0.2, 0.25) is 0 Å². The van der Waals surface area contributed by atoms with Crippen molar-refractivity contribution >= 4 is 17.9 Å². The maximum Gasteiger partial charge on any atom is 0.235 e. The quantitative estimate of drug-likeness (QED) is 0.474. The third-order valence-corrected chi connectivity index (χ3v) is 6.26. The Labute approximate surface area is 186 Å². The van der Waals surface area contributed by atoms with Crippen LogP contribution in [0.15, 0.2) is 36.8 Å². The van der Waals surface area contributed by atoms with Crippen LogP contribution in [0.25, 0.3) is 11.5 Å². The summed E-state index contributed by atoms with van der Waals surface area (Å²) in [5, 5.41) is 8.91. The Kier molecular flexibility index (Phi) is 6.49. The van der Waals surface area contributed by atoms with E-state index in [1.165, 1.54) is 11.9 Å². The van der Waals surface area contributed by atoms with E-state index >= 15 is 0 Å². The first kappa shape index (κ1) is 21.7. The number of hydrogen-bond donors (Lipinski definition) is 1. The van der Waals surface area contributed by atoms with Crippen molar-refractivity contribution in [2.24, 2.45) is 0 Å². The predicted molar refractivity (Wildman–Crippen MR) is 120 cm³/mol. The van der Waals surface area contributed by atoms with Crippen LogP contribution in [0.5, 0.6) is 0 Å². The lowest BCUT2D eigenvalue weighted by atomic mass is 10.2. The van der Waals surface area contributed by atoms with Crippen molar-refractivity contribution in [1.82, 2.24) is 29.7 Å². The first-order valence-corrected chi connectivity index (χ1v) is 11.0. The molecule has 9 nitrogen and oxygen atoms in total. The van der Waals surface area contributed by atoms with Crippen molar-refractivity contribution in [3.8, 4) is 11.5 Å². The number of aromatic nitrogens is 6. The minimum absolute atomic E-state index is 0.0220. The summed E-state index contributed by atoms with van der Waals surface area (Å²) >= 11 is 1.51. The van der Waals surface area contributed by atoms with E-state index in [0.717, 1.165) is 29.9 Å². The summed E-state index contributed by atoms with van der Waals surface area (Å²) in [5.41, 5.74) is 1.64. The Morgan fingerprint density at radius 2 is 1.94 bits per heavy atom. The van der Waals surface area contributed by atoms with E-state index in [-0.39, 0.29) is 16.9 Å². The number of nitrogens with zero attached hydrogens (tertiary/aromatic N) is 6. The number of rotatable bonds is 10. The van der Waals surface area contributed by atoms with E-state index in [4.69, 9.17) is 9.47 Å². The molecule has 4 rings (SSSR count). The van der Waals surface area contributed by atoms with Gasteiger partial charge in [-0.05, 0) is 56.3 Å². The lowest BCUT2D eigenvalue weighted by molar-refractivity contribution is 0.0972. The SMILES string of the molecule is COCC1(n2c(NSC(C)C(OC)c3ncc(C)cn3)nnc2-c2ccccn2)CC1. The molecule has 0 bridgehead atoms. The first-order chi connectivity index (χ1) is 15.1. The van der Waals surface area contributed by atoms with Crippen molar-refractivity contribution in [3.05, 3.63) is 48.2 Å². The third-order valence-electron chi connectivity index (χ3n) is 5.34. The highest BCUT2D eigenvalue weighted by Crippen LogP contribution is 2.47. The Morgan fingerprint density at radius 3 is 2.55 bits per heavy atom. The van der Waals surface area contributed by atoms with Crippen molar-refractivity contribution < 1.29 is 9.47 Å². The maximum absolute atomic E-state index is 5.69. The van der Waals surface area contributed by atoms with E-state index in [0.29, 0.717) is 18.4 Å². The molecule has 2 atom stereocenters. The third kappa shape index (κ3) is 4.56. The Morgan fingerprint density at radius 1 is 1.16 bits per heavy atom. The molecule has 0 radical (unpaired) electrons. The smallest absolute Gasteiger partial charge is 0.235 e. The van der Waals surface area contributed by atoms with Gasteiger partial charge < -0.3 is 9.47 Å². The maximum atomic E-state index is 5.69. The van der Waals surface area contributed by atoms with E-state index in [9.17, 15) is 0 Å². The summed E-state index contributed by atoms with van der Waals surface area (Å²) in [7, 11) is 3.39. The molecule has 0 amide bonds. The highest BCUT2D eigenvalue weighted by atomic mass is 32.2. The van der Waals surface area contributed by atoms with Gasteiger partial charge >= 0.3 is 0 Å². The monoisotopic (exact) mass is 441 g/mol. The van der Waals surface area contributed by atoms with Crippen molar-refractivity contribution in [3.63, 3.8) is 0 Å². The molecule has 3 aromatic rings. The zero-order valence-corrected chi connectivity index (χ0v) is 19.0. The second kappa shape index (κ2) is 9.29. The molecule has 1 saturated carbocycles. The molecule has 1 N–H and O–H groups in total. The normalized spacial score (nSPS) is 16.6. The highest BCUT2D eigenvalue weighted by molar-refractivity contribution is 8.01. The zero-order chi connectivity index (χ0) is 21.8. The molecule has 164 valence electrons. The largest absolute Gasteiger partial charge is 0.382 e. The van der Waals surface area contributed by atoms with Crippen LogP contribution in [0.3, 0.4) is 0 Å². The molecule has 0 aliphatic heterocycles. The van der Waals surface area contributed by atoms with E-state index in [2.05, 4.69) is 41.4 Å². The predicted octanol–water partition coefficient (Wildman–Crippen LogP) is 3.41. The van der Waals surface area contributed by atoms with E-state index in [1.54, 1.807) is 32.8 Å². The number of pyridine rings is 1. The number of aryl methyl sites for hydroxylation is 1. The molecule has 0 aromatic carbocycles. The van der Waals surface area contributed by atoms with Gasteiger partial charge in [-0.3, -0.25) is 14.3 Å². The number of ether oxygens (including phenoxy) is 2. The van der Waals surface area contributed by atoms with Gasteiger partial charge in [0.1, 0.15) is 11.8 Å². The van der Waals surface area contributed by atoms with Gasteiger partial charge in [-0.15, -0.1) is 10.2 Å². The van der Waals surface area contributed by atoms with Gasteiger partial charge in [0.25, 0.3) is 0 Å². The summed E-state index contributed by atoms with van der Waals surface area (Å²) in [6, 6.07) is 5.78. The fourth-order valence-corrected chi connectivity index (χ4v) is 4.35. The Balaban J connectivity index is 1.57. The summed E-state index contributed by atoms with van der Waals surface area (Å²) in [5.74, 6) is 2.06. The van der Waals surface area contributed by atoms with Crippen LogP contribution in [0, 0.1) is 6.92 Å². The fraction of sp³-hybridized carbons (Fsp3) is 0.476. The summed E-state index contributed by atoms with van der Waals surface area (Å²) < 4.78 is 16.7. The van der Waals surface area contributed by atoms with Crippen LogP contribution in [0.1, 0.15) is 37.3 Å². The van der Waals surface area contributed by atoms with Gasteiger partial charge in [-0.1, -0.05) is 6.07 Å². The van der Waals surface area contributed by atoms with Crippen molar-refractivity contribution in [1.29, 1.82) is 0 Å². The molecular formula is C21H27N7O2S. The molecule has 2 unspecified atom stereocenters. The van der Waals surface area contributed by atoms with Gasteiger partial charge in [0.2, 0.25) is 5.95 Å². The zero-order valence-electron chi connectivity index (χ0n) is 18.1. The molecule has 3 aromatic heterocycles. The van der Waals surface area contributed by atoms with Gasteiger partial charge in [0.15, 0.2) is 11.6 Å². The molecule has 1 aliphatic rings. The van der Waals surface area contributed by atoms with Crippen LogP contribution in [-0.4, -0.2) is 55.8 Å². The highest BCUT2D eigenvalue weighted by Gasteiger charge is 2.48.